The molecule has 0 aliphatic rings. The minimum atomic E-state index is -0.821. The highest BCUT2D eigenvalue weighted by Gasteiger charge is 2.19. The normalized spacial score (nSPS) is 13.2. The molecule has 0 aliphatic heterocycles. The Labute approximate surface area is 492 Å². The molecule has 0 aromatic heterocycles. The molecule has 0 bridgehead atoms. The molecule has 0 heterocycles. The topological polar surface area (TPSA) is 78.9 Å². The summed E-state index contributed by atoms with van der Waals surface area (Å²) in [6, 6.07) is 0. The van der Waals surface area contributed by atoms with Gasteiger partial charge < -0.3 is 14.2 Å². The molecule has 0 aliphatic carbocycles. The molecular formula is C74H118O6. The number of carbonyl (C=O) groups is 3. The van der Waals surface area contributed by atoms with E-state index in [1.54, 1.807) is 0 Å². The van der Waals surface area contributed by atoms with Crippen molar-refractivity contribution in [2.24, 2.45) is 0 Å². The highest BCUT2D eigenvalue weighted by Crippen LogP contribution is 2.14. The maximum absolute atomic E-state index is 12.9. The van der Waals surface area contributed by atoms with Gasteiger partial charge in [-0.25, -0.2) is 0 Å². The summed E-state index contributed by atoms with van der Waals surface area (Å²) in [5, 5.41) is 0. The van der Waals surface area contributed by atoms with Gasteiger partial charge in [0.05, 0.1) is 0 Å². The molecule has 80 heavy (non-hydrogen) atoms. The largest absolute Gasteiger partial charge is 0.462 e. The predicted octanol–water partition coefficient (Wildman–Crippen LogP) is 22.5. The Hall–Kier alpha value is -4.97. The van der Waals surface area contributed by atoms with Gasteiger partial charge in [-0.2, -0.15) is 0 Å². The van der Waals surface area contributed by atoms with Gasteiger partial charge in [-0.05, 0) is 148 Å². The first kappa shape index (κ1) is 75.0. The van der Waals surface area contributed by atoms with Crippen molar-refractivity contribution in [2.75, 3.05) is 13.2 Å². The van der Waals surface area contributed by atoms with E-state index in [2.05, 4.69) is 179 Å². The van der Waals surface area contributed by atoms with E-state index in [0.717, 1.165) is 141 Å². The first-order chi connectivity index (χ1) is 39.5. The van der Waals surface area contributed by atoms with E-state index in [9.17, 15) is 14.4 Å². The van der Waals surface area contributed by atoms with E-state index in [4.69, 9.17) is 14.2 Å². The summed E-state index contributed by atoms with van der Waals surface area (Å²) < 4.78 is 16.9. The molecule has 0 aromatic rings. The minimum absolute atomic E-state index is 0.111. The predicted molar refractivity (Wildman–Crippen MR) is 348 cm³/mol. The van der Waals surface area contributed by atoms with Gasteiger partial charge in [0.15, 0.2) is 6.10 Å². The average molecular weight is 1100 g/mol. The van der Waals surface area contributed by atoms with Crippen molar-refractivity contribution in [3.05, 3.63) is 158 Å². The van der Waals surface area contributed by atoms with Gasteiger partial charge in [-0.1, -0.05) is 262 Å². The molecule has 0 aromatic carbocycles. The van der Waals surface area contributed by atoms with Gasteiger partial charge in [0, 0.05) is 19.3 Å². The fraction of sp³-hybridized carbons (Fsp3) is 0.608. The van der Waals surface area contributed by atoms with Crippen molar-refractivity contribution in [3.63, 3.8) is 0 Å². The molecule has 0 amide bonds. The lowest BCUT2D eigenvalue weighted by Crippen LogP contribution is -2.30. The van der Waals surface area contributed by atoms with Gasteiger partial charge in [-0.3, -0.25) is 14.4 Å². The quantitative estimate of drug-likeness (QED) is 0.0261. The number of allylic oxidation sites excluding steroid dienone is 26. The van der Waals surface area contributed by atoms with Crippen molar-refractivity contribution in [1.82, 2.24) is 0 Å². The second-order valence-corrected chi connectivity index (χ2v) is 20.9. The lowest BCUT2D eigenvalue weighted by Gasteiger charge is -2.18. The molecule has 450 valence electrons. The van der Waals surface area contributed by atoms with Crippen molar-refractivity contribution < 1.29 is 28.6 Å². The Morgan fingerprint density at radius 2 is 0.487 bits per heavy atom. The van der Waals surface area contributed by atoms with Gasteiger partial charge in [-0.15, -0.1) is 0 Å². The molecule has 0 fully saturated rings. The number of hydrogen-bond donors (Lipinski definition) is 0. The van der Waals surface area contributed by atoms with Crippen LogP contribution in [0.15, 0.2) is 158 Å². The number of ether oxygens (including phenoxy) is 3. The van der Waals surface area contributed by atoms with Crippen LogP contribution in [0.2, 0.25) is 0 Å². The summed E-state index contributed by atoms with van der Waals surface area (Å²) in [5.41, 5.74) is 0. The summed E-state index contributed by atoms with van der Waals surface area (Å²) in [6.07, 6.45) is 96.7. The second-order valence-electron chi connectivity index (χ2n) is 20.9. The van der Waals surface area contributed by atoms with Crippen LogP contribution in [-0.4, -0.2) is 37.2 Å². The zero-order chi connectivity index (χ0) is 57.8. The lowest BCUT2D eigenvalue weighted by atomic mass is 10.1. The summed E-state index contributed by atoms with van der Waals surface area (Å²) in [7, 11) is 0. The van der Waals surface area contributed by atoms with Crippen molar-refractivity contribution in [2.45, 2.75) is 277 Å². The Morgan fingerprint density at radius 3 is 0.787 bits per heavy atom. The summed E-state index contributed by atoms with van der Waals surface area (Å²) in [5.74, 6) is -0.983. The Kier molecular flexibility index (Phi) is 62.4. The van der Waals surface area contributed by atoms with Gasteiger partial charge >= 0.3 is 17.9 Å². The third-order valence-electron chi connectivity index (χ3n) is 13.2. The van der Waals surface area contributed by atoms with Crippen molar-refractivity contribution in [3.8, 4) is 0 Å². The van der Waals surface area contributed by atoms with Gasteiger partial charge in [0.25, 0.3) is 0 Å². The summed E-state index contributed by atoms with van der Waals surface area (Å²) in [6.45, 7) is 6.35. The van der Waals surface area contributed by atoms with E-state index in [1.165, 1.54) is 83.5 Å². The van der Waals surface area contributed by atoms with Crippen LogP contribution in [0.5, 0.6) is 0 Å². The van der Waals surface area contributed by atoms with Crippen LogP contribution in [0.25, 0.3) is 0 Å². The minimum Gasteiger partial charge on any atom is -0.462 e. The van der Waals surface area contributed by atoms with Crippen LogP contribution in [0.1, 0.15) is 271 Å². The highest BCUT2D eigenvalue weighted by molar-refractivity contribution is 5.71. The molecule has 0 rings (SSSR count). The Morgan fingerprint density at radius 1 is 0.263 bits per heavy atom. The fourth-order valence-corrected chi connectivity index (χ4v) is 8.44. The van der Waals surface area contributed by atoms with Crippen molar-refractivity contribution in [1.29, 1.82) is 0 Å². The number of rotatable bonds is 57. The third-order valence-corrected chi connectivity index (χ3v) is 13.2. The van der Waals surface area contributed by atoms with Crippen LogP contribution >= 0.6 is 0 Å². The number of unbranched alkanes of at least 4 members (excludes halogenated alkanes) is 20. The maximum atomic E-state index is 12.9. The molecule has 6 heteroatoms. The number of esters is 3. The monoisotopic (exact) mass is 1100 g/mol. The number of carbonyl (C=O) groups excluding carboxylic acids is 3. The number of hydrogen-bond acceptors (Lipinski definition) is 6. The first-order valence-electron chi connectivity index (χ1n) is 32.5. The molecular weight excluding hydrogens is 985 g/mol. The summed E-state index contributed by atoms with van der Waals surface area (Å²) in [4.78, 5) is 38.4. The smallest absolute Gasteiger partial charge is 0.306 e. The molecule has 0 spiro atoms. The Bertz CT molecular complexity index is 1790. The van der Waals surface area contributed by atoms with E-state index in [1.807, 2.05) is 0 Å². The molecule has 0 saturated carbocycles. The zero-order valence-corrected chi connectivity index (χ0v) is 51.5. The van der Waals surface area contributed by atoms with Crippen LogP contribution < -0.4 is 0 Å². The van der Waals surface area contributed by atoms with E-state index >= 15 is 0 Å². The lowest BCUT2D eigenvalue weighted by molar-refractivity contribution is -0.167. The van der Waals surface area contributed by atoms with Crippen LogP contribution in [-0.2, 0) is 28.6 Å². The Balaban J connectivity index is 4.54. The van der Waals surface area contributed by atoms with Gasteiger partial charge in [0.2, 0.25) is 0 Å². The SMILES string of the molecule is CC/C=C\C/C=C\C/C=C\C/C=C\C/C=C\C/C=C\C/C=C\CCCCCC(=O)OCC(COC(=O)CCCCCCCCC/C=C\CCCCCCCCC)OC(=O)CCCCC/C=C\C/C=C\C/C=C\C/C=C\C/C=C\CC. The van der Waals surface area contributed by atoms with E-state index in [-0.39, 0.29) is 37.5 Å². The first-order valence-corrected chi connectivity index (χ1v) is 32.5. The standard InChI is InChI=1S/C74H118O6/c1-4-7-10-13-16-19-22-25-28-31-34-35-36-37-38-39-41-43-46-49-52-55-58-61-64-67-73(76)79-70-71(69-78-72(75)66-63-60-57-54-51-48-45-42-33-30-27-24-21-18-15-12-9-6-3)80-74(77)68-65-62-59-56-53-50-47-44-40-32-29-26-23-20-17-14-11-8-5-2/h7-8,10-11,16-17,19-20,25-26,28-30,33-35,37-38,40-41,43-44,49-50,52-53,71H,4-6,9,12-15,18,21-24,27,31-32,36,39,42,45-48,51,54-70H2,1-3H3/b10-7-,11-8-,19-16-,20-17-,28-25-,29-26-,33-30-,35-34-,38-37-,43-41-,44-40-,52-49-,53-50-. The zero-order valence-electron chi connectivity index (χ0n) is 51.5. The molecule has 6 nitrogen and oxygen atoms in total. The molecule has 0 radical (unpaired) electrons. The highest BCUT2D eigenvalue weighted by atomic mass is 16.6. The van der Waals surface area contributed by atoms with Crippen LogP contribution in [0.3, 0.4) is 0 Å². The van der Waals surface area contributed by atoms with Crippen molar-refractivity contribution >= 4 is 17.9 Å². The van der Waals surface area contributed by atoms with Gasteiger partial charge in [0.1, 0.15) is 13.2 Å². The van der Waals surface area contributed by atoms with E-state index in [0.29, 0.717) is 19.3 Å². The maximum Gasteiger partial charge on any atom is 0.306 e. The molecule has 0 saturated heterocycles. The third kappa shape index (κ3) is 63.9. The molecule has 1 atom stereocenters. The fourth-order valence-electron chi connectivity index (χ4n) is 8.44. The molecule has 0 N–H and O–H groups in total. The second kappa shape index (κ2) is 66.5. The van der Waals surface area contributed by atoms with E-state index < -0.39 is 6.10 Å². The van der Waals surface area contributed by atoms with Crippen LogP contribution in [0, 0.1) is 0 Å². The van der Waals surface area contributed by atoms with Crippen LogP contribution in [0.4, 0.5) is 0 Å². The molecule has 1 unspecified atom stereocenters. The average Bonchev–Trinajstić information content (AvgIpc) is 3.46. The summed E-state index contributed by atoms with van der Waals surface area (Å²) >= 11 is 0.